The summed E-state index contributed by atoms with van der Waals surface area (Å²) in [6, 6.07) is -0.157. The third kappa shape index (κ3) is 3.46. The van der Waals surface area contributed by atoms with E-state index in [0.29, 0.717) is 19.8 Å². The van der Waals surface area contributed by atoms with E-state index in [1.54, 1.807) is 0 Å². The van der Waals surface area contributed by atoms with Gasteiger partial charge in [-0.1, -0.05) is 19.8 Å². The molecule has 2 fully saturated rings. The summed E-state index contributed by atoms with van der Waals surface area (Å²) in [6.45, 7) is 5.04. The highest BCUT2D eigenvalue weighted by atomic mass is 16.7. The summed E-state index contributed by atoms with van der Waals surface area (Å²) < 4.78 is 16.5. The van der Waals surface area contributed by atoms with Crippen molar-refractivity contribution in [1.29, 1.82) is 0 Å². The van der Waals surface area contributed by atoms with E-state index in [4.69, 9.17) is 14.2 Å². The molecule has 2 rings (SSSR count). The molecule has 2 heterocycles. The normalized spacial score (nSPS) is 24.5. The van der Waals surface area contributed by atoms with Crippen molar-refractivity contribution in [2.24, 2.45) is 0 Å². The monoisotopic (exact) mass is 271 g/mol. The number of carbonyl (C=O) groups excluding carboxylic acids is 1. The SMILES string of the molecule is CCCCC(C(=O)OC)N1CCCC2(C1)OCCO2. The molecule has 0 N–H and O–H groups in total. The Morgan fingerprint density at radius 1 is 1.42 bits per heavy atom. The fourth-order valence-corrected chi connectivity index (χ4v) is 3.00. The van der Waals surface area contributed by atoms with Crippen molar-refractivity contribution in [3.63, 3.8) is 0 Å². The molecule has 2 saturated heterocycles. The molecule has 1 unspecified atom stereocenters. The smallest absolute Gasteiger partial charge is 0.323 e. The molecule has 0 amide bonds. The first kappa shape index (κ1) is 14.8. The molecule has 110 valence electrons. The summed E-state index contributed by atoms with van der Waals surface area (Å²) in [5.74, 6) is -0.611. The lowest BCUT2D eigenvalue weighted by Crippen LogP contribution is -2.54. The van der Waals surface area contributed by atoms with Crippen LogP contribution in [0, 0.1) is 0 Å². The van der Waals surface area contributed by atoms with Gasteiger partial charge in [0.2, 0.25) is 0 Å². The van der Waals surface area contributed by atoms with Crippen LogP contribution < -0.4 is 0 Å². The van der Waals surface area contributed by atoms with E-state index in [9.17, 15) is 4.79 Å². The quantitative estimate of drug-likeness (QED) is 0.710. The van der Waals surface area contributed by atoms with E-state index in [1.165, 1.54) is 7.11 Å². The third-order valence-electron chi connectivity index (χ3n) is 4.01. The van der Waals surface area contributed by atoms with E-state index in [2.05, 4.69) is 11.8 Å². The topological polar surface area (TPSA) is 48.0 Å². The van der Waals surface area contributed by atoms with Gasteiger partial charge in [0.05, 0.1) is 26.9 Å². The Bertz CT molecular complexity index is 302. The van der Waals surface area contributed by atoms with Crippen molar-refractivity contribution in [3.05, 3.63) is 0 Å². The Morgan fingerprint density at radius 2 is 2.16 bits per heavy atom. The van der Waals surface area contributed by atoms with E-state index >= 15 is 0 Å². The van der Waals surface area contributed by atoms with Crippen LogP contribution in [0.3, 0.4) is 0 Å². The molecular weight excluding hydrogens is 246 g/mol. The number of hydrogen-bond donors (Lipinski definition) is 0. The van der Waals surface area contributed by atoms with Crippen molar-refractivity contribution >= 4 is 5.97 Å². The average molecular weight is 271 g/mol. The van der Waals surface area contributed by atoms with Crippen LogP contribution in [-0.4, -0.2) is 56.1 Å². The summed E-state index contributed by atoms with van der Waals surface area (Å²) >= 11 is 0. The van der Waals surface area contributed by atoms with Gasteiger partial charge in [0, 0.05) is 6.42 Å². The molecule has 0 radical (unpaired) electrons. The molecule has 1 spiro atoms. The van der Waals surface area contributed by atoms with Crippen LogP contribution >= 0.6 is 0 Å². The molecule has 5 heteroatoms. The second-order valence-electron chi connectivity index (χ2n) is 5.36. The van der Waals surface area contributed by atoms with Crippen LogP contribution in [0.25, 0.3) is 0 Å². The van der Waals surface area contributed by atoms with Gasteiger partial charge in [-0.3, -0.25) is 9.69 Å². The lowest BCUT2D eigenvalue weighted by atomic mass is 10.00. The number of methoxy groups -OCH3 is 1. The number of piperidine rings is 1. The van der Waals surface area contributed by atoms with Crippen LogP contribution in [0.15, 0.2) is 0 Å². The number of likely N-dealkylation sites (tertiary alicyclic amines) is 1. The Balaban J connectivity index is 2.01. The van der Waals surface area contributed by atoms with Crippen molar-refractivity contribution in [3.8, 4) is 0 Å². The third-order valence-corrected chi connectivity index (χ3v) is 4.01. The molecule has 1 atom stereocenters. The Kier molecular flexibility index (Phi) is 5.19. The summed E-state index contributed by atoms with van der Waals surface area (Å²) in [5.41, 5.74) is 0. The molecule has 5 nitrogen and oxygen atoms in total. The number of carbonyl (C=O) groups is 1. The summed E-state index contributed by atoms with van der Waals surface area (Å²) in [6.07, 6.45) is 4.88. The molecule has 2 aliphatic heterocycles. The molecule has 0 saturated carbocycles. The first-order valence-corrected chi connectivity index (χ1v) is 7.30. The summed E-state index contributed by atoms with van der Waals surface area (Å²) in [5, 5.41) is 0. The zero-order valence-electron chi connectivity index (χ0n) is 12.0. The number of rotatable bonds is 5. The fourth-order valence-electron chi connectivity index (χ4n) is 3.00. The Morgan fingerprint density at radius 3 is 2.79 bits per heavy atom. The number of esters is 1. The molecular formula is C14H25NO4. The second-order valence-corrected chi connectivity index (χ2v) is 5.36. The first-order chi connectivity index (χ1) is 9.21. The molecule has 2 aliphatic rings. The highest BCUT2D eigenvalue weighted by molar-refractivity contribution is 5.75. The Hall–Kier alpha value is -0.650. The van der Waals surface area contributed by atoms with Gasteiger partial charge in [0.1, 0.15) is 6.04 Å². The number of hydrogen-bond acceptors (Lipinski definition) is 5. The maximum absolute atomic E-state index is 12.0. The van der Waals surface area contributed by atoms with Gasteiger partial charge in [-0.15, -0.1) is 0 Å². The van der Waals surface area contributed by atoms with Crippen molar-refractivity contribution in [2.75, 3.05) is 33.4 Å². The highest BCUT2D eigenvalue weighted by Gasteiger charge is 2.43. The summed E-state index contributed by atoms with van der Waals surface area (Å²) in [4.78, 5) is 14.2. The predicted octanol–water partition coefficient (Wildman–Crippen LogP) is 1.56. The lowest BCUT2D eigenvalue weighted by molar-refractivity contribution is -0.197. The van der Waals surface area contributed by atoms with Gasteiger partial charge in [-0.25, -0.2) is 0 Å². The van der Waals surface area contributed by atoms with Crippen molar-refractivity contribution in [2.45, 2.75) is 50.9 Å². The largest absolute Gasteiger partial charge is 0.468 e. The van der Waals surface area contributed by atoms with Gasteiger partial charge in [-0.05, 0) is 19.4 Å². The molecule has 0 aromatic rings. The molecule has 0 aromatic carbocycles. The summed E-state index contributed by atoms with van der Waals surface area (Å²) in [7, 11) is 1.46. The van der Waals surface area contributed by atoms with Gasteiger partial charge < -0.3 is 14.2 Å². The van der Waals surface area contributed by atoms with Crippen LogP contribution in [0.4, 0.5) is 0 Å². The van der Waals surface area contributed by atoms with E-state index in [-0.39, 0.29) is 12.0 Å². The standard InChI is InChI=1S/C14H25NO4/c1-3-4-6-12(13(16)17-2)15-8-5-7-14(11-15)18-9-10-19-14/h12H,3-11H2,1-2H3. The number of unbranched alkanes of at least 4 members (excludes halogenated alkanes) is 1. The van der Waals surface area contributed by atoms with Crippen molar-refractivity contribution in [1.82, 2.24) is 4.90 Å². The number of nitrogens with zero attached hydrogens (tertiary/aromatic N) is 1. The molecule has 0 bridgehead atoms. The zero-order valence-corrected chi connectivity index (χ0v) is 12.0. The Labute approximate surface area is 115 Å². The van der Waals surface area contributed by atoms with Crippen LogP contribution in [-0.2, 0) is 19.0 Å². The predicted molar refractivity (Wildman–Crippen MR) is 70.8 cm³/mol. The fraction of sp³-hybridized carbons (Fsp3) is 0.929. The minimum atomic E-state index is -0.475. The van der Waals surface area contributed by atoms with E-state index in [0.717, 1.165) is 38.6 Å². The maximum atomic E-state index is 12.0. The minimum Gasteiger partial charge on any atom is -0.468 e. The number of ether oxygens (including phenoxy) is 3. The van der Waals surface area contributed by atoms with E-state index < -0.39 is 5.79 Å². The first-order valence-electron chi connectivity index (χ1n) is 7.30. The maximum Gasteiger partial charge on any atom is 0.323 e. The molecule has 0 aromatic heterocycles. The van der Waals surface area contributed by atoms with Crippen molar-refractivity contribution < 1.29 is 19.0 Å². The van der Waals surface area contributed by atoms with Crippen LogP contribution in [0.1, 0.15) is 39.0 Å². The van der Waals surface area contributed by atoms with Crippen LogP contribution in [0.2, 0.25) is 0 Å². The second kappa shape index (κ2) is 6.68. The van der Waals surface area contributed by atoms with E-state index in [1.807, 2.05) is 0 Å². The van der Waals surface area contributed by atoms with Crippen LogP contribution in [0.5, 0.6) is 0 Å². The van der Waals surface area contributed by atoms with Gasteiger partial charge in [-0.2, -0.15) is 0 Å². The molecule has 19 heavy (non-hydrogen) atoms. The zero-order chi connectivity index (χ0) is 13.7. The van der Waals surface area contributed by atoms with Gasteiger partial charge in [0.15, 0.2) is 5.79 Å². The lowest BCUT2D eigenvalue weighted by Gasteiger charge is -2.41. The van der Waals surface area contributed by atoms with Gasteiger partial charge >= 0.3 is 5.97 Å². The molecule has 0 aliphatic carbocycles. The highest BCUT2D eigenvalue weighted by Crippen LogP contribution is 2.31. The van der Waals surface area contributed by atoms with Gasteiger partial charge in [0.25, 0.3) is 0 Å². The minimum absolute atomic E-state index is 0.136. The average Bonchev–Trinajstić information content (AvgIpc) is 2.87.